The number of benzene rings is 1. The second-order valence-corrected chi connectivity index (χ2v) is 5.75. The van der Waals surface area contributed by atoms with Crippen LogP contribution in [0.25, 0.3) is 0 Å². The maximum absolute atomic E-state index is 14.5. The molecule has 5 heteroatoms. The molecule has 0 aliphatic heterocycles. The molecule has 2 unspecified atom stereocenters. The van der Waals surface area contributed by atoms with Crippen LogP contribution in [0, 0.1) is 5.82 Å². The van der Waals surface area contributed by atoms with Gasteiger partial charge in [-0.25, -0.2) is 4.39 Å². The predicted octanol–water partition coefficient (Wildman–Crippen LogP) is 3.61. The molecule has 0 fully saturated rings. The van der Waals surface area contributed by atoms with E-state index in [9.17, 15) is 9.50 Å². The Morgan fingerprint density at radius 1 is 1.09 bits per heavy atom. The van der Waals surface area contributed by atoms with Crippen LogP contribution < -0.4 is 15.2 Å². The van der Waals surface area contributed by atoms with E-state index in [1.165, 1.54) is 6.07 Å². The van der Waals surface area contributed by atoms with Crippen molar-refractivity contribution in [3.63, 3.8) is 0 Å². The summed E-state index contributed by atoms with van der Waals surface area (Å²) in [5.41, 5.74) is 6.03. The van der Waals surface area contributed by atoms with Crippen LogP contribution in [0.1, 0.15) is 57.9 Å². The van der Waals surface area contributed by atoms with E-state index in [0.717, 1.165) is 19.3 Å². The fourth-order valence-electron chi connectivity index (χ4n) is 2.45. The summed E-state index contributed by atoms with van der Waals surface area (Å²) in [5, 5.41) is 9.79. The van der Waals surface area contributed by atoms with Crippen LogP contribution in [0.3, 0.4) is 0 Å². The number of ether oxygens (including phenoxy) is 2. The van der Waals surface area contributed by atoms with E-state index < -0.39 is 6.10 Å². The third-order valence-electron chi connectivity index (χ3n) is 3.75. The molecule has 0 aliphatic rings. The van der Waals surface area contributed by atoms with E-state index in [0.29, 0.717) is 36.7 Å². The Balaban J connectivity index is 3.10. The molecular formula is C18H30FNO3. The van der Waals surface area contributed by atoms with Gasteiger partial charge in [0.2, 0.25) is 0 Å². The van der Waals surface area contributed by atoms with Crippen LogP contribution in [-0.2, 0) is 0 Å². The van der Waals surface area contributed by atoms with Gasteiger partial charge in [0.1, 0.15) is 5.82 Å². The molecule has 0 saturated heterocycles. The average molecular weight is 327 g/mol. The third kappa shape index (κ3) is 5.99. The molecule has 2 atom stereocenters. The molecule has 23 heavy (non-hydrogen) atoms. The number of rotatable bonds is 11. The van der Waals surface area contributed by atoms with Gasteiger partial charge in [0.05, 0.1) is 19.3 Å². The lowest BCUT2D eigenvalue weighted by molar-refractivity contribution is 0.161. The summed E-state index contributed by atoms with van der Waals surface area (Å²) in [4.78, 5) is 0. The van der Waals surface area contributed by atoms with Gasteiger partial charge in [0.25, 0.3) is 0 Å². The molecule has 0 radical (unpaired) electrons. The Morgan fingerprint density at radius 2 is 1.65 bits per heavy atom. The van der Waals surface area contributed by atoms with Gasteiger partial charge in [0, 0.05) is 12.6 Å². The van der Waals surface area contributed by atoms with Gasteiger partial charge < -0.3 is 20.3 Å². The second-order valence-electron chi connectivity index (χ2n) is 5.75. The molecule has 1 aromatic rings. The average Bonchev–Trinajstić information content (AvgIpc) is 2.56. The summed E-state index contributed by atoms with van der Waals surface area (Å²) < 4.78 is 25.8. The second kappa shape index (κ2) is 10.4. The summed E-state index contributed by atoms with van der Waals surface area (Å²) in [5.74, 6) is 0.585. The molecule has 0 bridgehead atoms. The normalized spacial score (nSPS) is 13.7. The van der Waals surface area contributed by atoms with Crippen molar-refractivity contribution in [3.05, 3.63) is 23.5 Å². The lowest BCUT2D eigenvalue weighted by Gasteiger charge is -2.21. The standard InChI is InChI=1S/C18H30FNO3/c1-4-7-22-17-10-15(13(6-3)9-14(21)12-20)16(19)11-18(17)23-8-5-2/h10-11,13-14,21H,4-9,12,20H2,1-3H3. The van der Waals surface area contributed by atoms with Gasteiger partial charge in [-0.05, 0) is 43.2 Å². The number of aliphatic hydroxyl groups excluding tert-OH is 1. The van der Waals surface area contributed by atoms with E-state index >= 15 is 0 Å². The van der Waals surface area contributed by atoms with Crippen molar-refractivity contribution in [1.29, 1.82) is 0 Å². The zero-order valence-corrected chi connectivity index (χ0v) is 14.5. The molecule has 3 N–H and O–H groups in total. The van der Waals surface area contributed by atoms with Crippen molar-refractivity contribution in [2.75, 3.05) is 19.8 Å². The number of aliphatic hydroxyl groups is 1. The van der Waals surface area contributed by atoms with Crippen molar-refractivity contribution < 1.29 is 19.0 Å². The first-order chi connectivity index (χ1) is 11.1. The summed E-state index contributed by atoms with van der Waals surface area (Å²) in [6.45, 7) is 7.23. The summed E-state index contributed by atoms with van der Waals surface area (Å²) in [7, 11) is 0. The summed E-state index contributed by atoms with van der Waals surface area (Å²) in [6, 6.07) is 3.11. The Morgan fingerprint density at radius 3 is 2.13 bits per heavy atom. The molecule has 4 nitrogen and oxygen atoms in total. The number of hydrogen-bond donors (Lipinski definition) is 2. The highest BCUT2D eigenvalue weighted by Gasteiger charge is 2.21. The van der Waals surface area contributed by atoms with Crippen LogP contribution in [0.5, 0.6) is 11.5 Å². The number of hydrogen-bond acceptors (Lipinski definition) is 4. The van der Waals surface area contributed by atoms with Gasteiger partial charge in [-0.1, -0.05) is 20.8 Å². The number of nitrogens with two attached hydrogens (primary N) is 1. The summed E-state index contributed by atoms with van der Waals surface area (Å²) in [6.07, 6.45) is 2.23. The minimum Gasteiger partial charge on any atom is -0.490 e. The zero-order valence-electron chi connectivity index (χ0n) is 14.5. The van der Waals surface area contributed by atoms with Crippen molar-refractivity contribution in [3.8, 4) is 11.5 Å². The molecule has 1 rings (SSSR count). The quantitative estimate of drug-likeness (QED) is 0.652. The van der Waals surface area contributed by atoms with E-state index in [1.807, 2.05) is 20.8 Å². The van der Waals surface area contributed by atoms with E-state index in [-0.39, 0.29) is 18.3 Å². The first kappa shape index (κ1) is 19.7. The Kier molecular flexibility index (Phi) is 8.95. The van der Waals surface area contributed by atoms with Crippen molar-refractivity contribution in [1.82, 2.24) is 0 Å². The molecule has 0 aromatic heterocycles. The molecule has 0 spiro atoms. The maximum atomic E-state index is 14.5. The van der Waals surface area contributed by atoms with Crippen molar-refractivity contribution in [2.45, 2.75) is 58.5 Å². The maximum Gasteiger partial charge on any atom is 0.164 e. The lowest BCUT2D eigenvalue weighted by Crippen LogP contribution is -2.22. The highest BCUT2D eigenvalue weighted by Crippen LogP contribution is 2.36. The molecule has 0 amide bonds. The van der Waals surface area contributed by atoms with E-state index in [2.05, 4.69) is 0 Å². The van der Waals surface area contributed by atoms with Crippen LogP contribution >= 0.6 is 0 Å². The van der Waals surface area contributed by atoms with E-state index in [1.54, 1.807) is 6.07 Å². The summed E-state index contributed by atoms with van der Waals surface area (Å²) >= 11 is 0. The predicted molar refractivity (Wildman–Crippen MR) is 90.7 cm³/mol. The van der Waals surface area contributed by atoms with Gasteiger partial charge >= 0.3 is 0 Å². The highest BCUT2D eigenvalue weighted by molar-refractivity contribution is 5.45. The van der Waals surface area contributed by atoms with Gasteiger partial charge in [-0.2, -0.15) is 0 Å². The van der Waals surface area contributed by atoms with Gasteiger partial charge in [0.15, 0.2) is 11.5 Å². The minimum absolute atomic E-state index is 0.0993. The Bertz CT molecular complexity index is 468. The topological polar surface area (TPSA) is 64.7 Å². The van der Waals surface area contributed by atoms with Crippen LogP contribution in [0.2, 0.25) is 0 Å². The van der Waals surface area contributed by atoms with E-state index in [4.69, 9.17) is 15.2 Å². The molecule has 0 heterocycles. The zero-order chi connectivity index (χ0) is 17.2. The minimum atomic E-state index is -0.629. The SMILES string of the molecule is CCCOc1cc(F)c(C(CC)CC(O)CN)cc1OCCC. The molecule has 132 valence electrons. The van der Waals surface area contributed by atoms with Crippen LogP contribution in [0.15, 0.2) is 12.1 Å². The van der Waals surface area contributed by atoms with Gasteiger partial charge in [-0.3, -0.25) is 0 Å². The Labute approximate surface area is 138 Å². The molecular weight excluding hydrogens is 297 g/mol. The Hall–Kier alpha value is -1.33. The highest BCUT2D eigenvalue weighted by atomic mass is 19.1. The fraction of sp³-hybridized carbons (Fsp3) is 0.667. The fourth-order valence-corrected chi connectivity index (χ4v) is 2.45. The van der Waals surface area contributed by atoms with Crippen LogP contribution in [-0.4, -0.2) is 31.0 Å². The largest absolute Gasteiger partial charge is 0.490 e. The monoisotopic (exact) mass is 327 g/mol. The third-order valence-corrected chi connectivity index (χ3v) is 3.75. The molecule has 0 saturated carbocycles. The van der Waals surface area contributed by atoms with Gasteiger partial charge in [-0.15, -0.1) is 0 Å². The smallest absolute Gasteiger partial charge is 0.164 e. The first-order valence-corrected chi connectivity index (χ1v) is 8.54. The molecule has 1 aromatic carbocycles. The first-order valence-electron chi connectivity index (χ1n) is 8.54. The van der Waals surface area contributed by atoms with Crippen molar-refractivity contribution in [2.24, 2.45) is 5.73 Å². The van der Waals surface area contributed by atoms with Crippen LogP contribution in [0.4, 0.5) is 4.39 Å². The lowest BCUT2D eigenvalue weighted by atomic mass is 9.90. The molecule has 0 aliphatic carbocycles. The number of halogens is 1. The van der Waals surface area contributed by atoms with Crippen molar-refractivity contribution >= 4 is 0 Å².